The van der Waals surface area contributed by atoms with Gasteiger partial charge in [-0.25, -0.2) is 12.8 Å². The zero-order chi connectivity index (χ0) is 15.3. The van der Waals surface area contributed by atoms with Crippen molar-refractivity contribution in [2.24, 2.45) is 10.9 Å². The van der Waals surface area contributed by atoms with E-state index in [0.29, 0.717) is 0 Å². The fraction of sp³-hybridized carbons (Fsp3) is 0.364. The number of hydrogen-bond donors (Lipinski definition) is 2. The summed E-state index contributed by atoms with van der Waals surface area (Å²) in [7, 11) is -3.94. The molecule has 0 aromatic heterocycles. The number of halogens is 2. The van der Waals surface area contributed by atoms with Crippen molar-refractivity contribution in [3.8, 4) is 0 Å². The lowest BCUT2D eigenvalue weighted by Gasteiger charge is -2.20. The molecule has 0 spiro atoms. The third kappa shape index (κ3) is 3.81. The number of sulfonamides is 1. The van der Waals surface area contributed by atoms with Crippen molar-refractivity contribution in [1.82, 2.24) is 4.31 Å². The third-order valence-corrected chi connectivity index (χ3v) is 5.07. The monoisotopic (exact) mass is 323 g/mol. The standard InChI is InChI=1S/C11H15ClFN3O3S/c1-2-16(6-5-11(14)15-17)20(18,19)10-7-8(13)3-4-9(10)12/h3-4,7,17H,2,5-6H2,1H3,(H2,14,15). The molecule has 0 aliphatic carbocycles. The molecular formula is C11H15ClFN3O3S. The van der Waals surface area contributed by atoms with Crippen LogP contribution in [0, 0.1) is 5.82 Å². The average molecular weight is 324 g/mol. The Labute approximate surface area is 121 Å². The quantitative estimate of drug-likeness (QED) is 0.360. The SMILES string of the molecule is CCN(CC/C(N)=N/O)S(=O)(=O)c1cc(F)ccc1Cl. The molecule has 0 aliphatic rings. The van der Waals surface area contributed by atoms with Crippen LogP contribution in [0.15, 0.2) is 28.3 Å². The summed E-state index contributed by atoms with van der Waals surface area (Å²) in [6, 6.07) is 3.12. The van der Waals surface area contributed by atoms with E-state index in [9.17, 15) is 12.8 Å². The van der Waals surface area contributed by atoms with Crippen molar-refractivity contribution in [3.05, 3.63) is 29.0 Å². The molecule has 112 valence electrons. The molecule has 0 unspecified atom stereocenters. The number of nitrogens with zero attached hydrogens (tertiary/aromatic N) is 2. The zero-order valence-electron chi connectivity index (χ0n) is 10.8. The van der Waals surface area contributed by atoms with Crippen LogP contribution in [-0.2, 0) is 10.0 Å². The van der Waals surface area contributed by atoms with E-state index in [1.54, 1.807) is 6.92 Å². The molecule has 0 aliphatic heterocycles. The van der Waals surface area contributed by atoms with Crippen molar-refractivity contribution in [2.75, 3.05) is 13.1 Å². The molecule has 20 heavy (non-hydrogen) atoms. The van der Waals surface area contributed by atoms with Crippen LogP contribution in [0.25, 0.3) is 0 Å². The van der Waals surface area contributed by atoms with Gasteiger partial charge < -0.3 is 10.9 Å². The highest BCUT2D eigenvalue weighted by molar-refractivity contribution is 7.89. The van der Waals surface area contributed by atoms with Gasteiger partial charge >= 0.3 is 0 Å². The second kappa shape index (κ2) is 6.87. The van der Waals surface area contributed by atoms with Gasteiger partial charge in [-0.2, -0.15) is 4.31 Å². The summed E-state index contributed by atoms with van der Waals surface area (Å²) < 4.78 is 39.0. The normalized spacial score (nSPS) is 12.9. The van der Waals surface area contributed by atoms with Crippen LogP contribution in [0.1, 0.15) is 13.3 Å². The number of hydrogen-bond acceptors (Lipinski definition) is 4. The first kappa shape index (κ1) is 16.7. The Kier molecular flexibility index (Phi) is 5.73. The molecule has 0 saturated heterocycles. The van der Waals surface area contributed by atoms with Gasteiger partial charge in [0.05, 0.1) is 5.02 Å². The molecule has 0 amide bonds. The molecular weight excluding hydrogens is 309 g/mol. The molecule has 0 fully saturated rings. The van der Waals surface area contributed by atoms with Gasteiger partial charge in [-0.1, -0.05) is 23.7 Å². The lowest BCUT2D eigenvalue weighted by Crippen LogP contribution is -2.34. The molecule has 0 bridgehead atoms. The second-order valence-electron chi connectivity index (χ2n) is 3.91. The van der Waals surface area contributed by atoms with E-state index in [0.717, 1.165) is 16.4 Å². The van der Waals surface area contributed by atoms with Crippen LogP contribution < -0.4 is 5.73 Å². The minimum Gasteiger partial charge on any atom is -0.409 e. The molecule has 0 radical (unpaired) electrons. The van der Waals surface area contributed by atoms with Gasteiger partial charge in [0.1, 0.15) is 16.5 Å². The summed E-state index contributed by atoms with van der Waals surface area (Å²) in [5.74, 6) is -0.788. The molecule has 1 rings (SSSR count). The van der Waals surface area contributed by atoms with Gasteiger partial charge in [0.2, 0.25) is 10.0 Å². The molecule has 0 heterocycles. The minimum absolute atomic E-state index is 0.00156. The highest BCUT2D eigenvalue weighted by atomic mass is 35.5. The van der Waals surface area contributed by atoms with Gasteiger partial charge in [-0.05, 0) is 18.2 Å². The van der Waals surface area contributed by atoms with Crippen molar-refractivity contribution >= 4 is 27.5 Å². The van der Waals surface area contributed by atoms with Crippen LogP contribution in [-0.4, -0.2) is 36.9 Å². The Morgan fingerprint density at radius 3 is 2.75 bits per heavy atom. The summed E-state index contributed by atoms with van der Waals surface area (Å²) in [4.78, 5) is -0.305. The van der Waals surface area contributed by atoms with Crippen molar-refractivity contribution in [3.63, 3.8) is 0 Å². The maximum atomic E-state index is 13.2. The van der Waals surface area contributed by atoms with Crippen LogP contribution in [0.2, 0.25) is 5.02 Å². The summed E-state index contributed by atoms with van der Waals surface area (Å²) in [5, 5.41) is 11.2. The Bertz CT molecular complexity index is 607. The number of benzene rings is 1. The molecule has 3 N–H and O–H groups in total. The molecule has 1 aromatic rings. The molecule has 6 nitrogen and oxygen atoms in total. The fourth-order valence-corrected chi connectivity index (χ4v) is 3.49. The van der Waals surface area contributed by atoms with E-state index in [2.05, 4.69) is 5.16 Å². The highest BCUT2D eigenvalue weighted by Gasteiger charge is 2.26. The Balaban J connectivity index is 3.09. The van der Waals surface area contributed by atoms with E-state index in [1.807, 2.05) is 0 Å². The molecule has 0 saturated carbocycles. The third-order valence-electron chi connectivity index (χ3n) is 2.61. The minimum atomic E-state index is -3.94. The maximum absolute atomic E-state index is 13.2. The second-order valence-corrected chi connectivity index (χ2v) is 6.23. The fourth-order valence-electron chi connectivity index (χ4n) is 1.55. The lowest BCUT2D eigenvalue weighted by atomic mass is 10.3. The van der Waals surface area contributed by atoms with E-state index >= 15 is 0 Å². The van der Waals surface area contributed by atoms with Gasteiger partial charge in [0, 0.05) is 19.5 Å². The molecule has 9 heteroatoms. The van der Waals surface area contributed by atoms with E-state index in [-0.39, 0.29) is 35.3 Å². The molecule has 0 atom stereocenters. The van der Waals surface area contributed by atoms with Crippen LogP contribution in [0.5, 0.6) is 0 Å². The number of rotatable bonds is 6. The van der Waals surface area contributed by atoms with Gasteiger partial charge in [-0.3, -0.25) is 0 Å². The topological polar surface area (TPSA) is 96.0 Å². The van der Waals surface area contributed by atoms with Gasteiger partial charge in [0.25, 0.3) is 0 Å². The smallest absolute Gasteiger partial charge is 0.244 e. The molecule has 1 aromatic carbocycles. The van der Waals surface area contributed by atoms with E-state index < -0.39 is 15.8 Å². The lowest BCUT2D eigenvalue weighted by molar-refractivity contribution is 0.315. The first-order valence-electron chi connectivity index (χ1n) is 5.74. The van der Waals surface area contributed by atoms with Crippen LogP contribution in [0.3, 0.4) is 0 Å². The predicted molar refractivity (Wildman–Crippen MR) is 73.9 cm³/mol. The Morgan fingerprint density at radius 1 is 1.55 bits per heavy atom. The van der Waals surface area contributed by atoms with E-state index in [4.69, 9.17) is 22.5 Å². The largest absolute Gasteiger partial charge is 0.409 e. The number of nitrogens with two attached hydrogens (primary N) is 1. The summed E-state index contributed by atoms with van der Waals surface area (Å²) in [6.07, 6.45) is 0.0521. The van der Waals surface area contributed by atoms with Gasteiger partial charge in [0.15, 0.2) is 0 Å². The van der Waals surface area contributed by atoms with Crippen LogP contribution in [0.4, 0.5) is 4.39 Å². The highest BCUT2D eigenvalue weighted by Crippen LogP contribution is 2.25. The Morgan fingerprint density at radius 2 is 2.20 bits per heavy atom. The predicted octanol–water partition coefficient (Wildman–Crippen LogP) is 1.63. The summed E-state index contributed by atoms with van der Waals surface area (Å²) in [6.45, 7) is 1.77. The van der Waals surface area contributed by atoms with Crippen molar-refractivity contribution in [2.45, 2.75) is 18.2 Å². The summed E-state index contributed by atoms with van der Waals surface area (Å²) >= 11 is 5.81. The van der Waals surface area contributed by atoms with Gasteiger partial charge in [-0.15, -0.1) is 0 Å². The van der Waals surface area contributed by atoms with Crippen molar-refractivity contribution in [1.29, 1.82) is 0 Å². The first-order valence-corrected chi connectivity index (χ1v) is 7.56. The first-order chi connectivity index (χ1) is 9.32. The van der Waals surface area contributed by atoms with Crippen LogP contribution >= 0.6 is 11.6 Å². The Hall–Kier alpha value is -1.38. The number of amidine groups is 1. The number of oxime groups is 1. The maximum Gasteiger partial charge on any atom is 0.244 e. The zero-order valence-corrected chi connectivity index (χ0v) is 12.3. The van der Waals surface area contributed by atoms with E-state index in [1.165, 1.54) is 6.07 Å². The average Bonchev–Trinajstić information content (AvgIpc) is 2.41. The summed E-state index contributed by atoms with van der Waals surface area (Å²) in [5.41, 5.74) is 5.30. The van der Waals surface area contributed by atoms with Crippen molar-refractivity contribution < 1.29 is 18.0 Å².